The fourth-order valence-electron chi connectivity index (χ4n) is 4.88. The van der Waals surface area contributed by atoms with Gasteiger partial charge in [-0.1, -0.05) is 5.16 Å². The maximum absolute atomic E-state index is 13.2. The van der Waals surface area contributed by atoms with Gasteiger partial charge in [0, 0.05) is 24.0 Å². The standard InChI is InChI=1S/C18H21N3O3S/c22-18(21-4-6-23-7-5-21)15-12-2-1-11(9-12)14(15)17-19-16(20-24-17)13-3-8-25-10-13/h3,8,10-12,14-15H,1-2,4-7,9H2/t11-,12+,14+,15+/m1/s1. The molecule has 4 atom stereocenters. The first kappa shape index (κ1) is 15.5. The number of carbonyl (C=O) groups is 1. The fourth-order valence-corrected chi connectivity index (χ4v) is 5.51. The van der Waals surface area contributed by atoms with Crippen LogP contribution in [0.15, 0.2) is 21.3 Å². The van der Waals surface area contributed by atoms with Gasteiger partial charge in [0.25, 0.3) is 0 Å². The Balaban J connectivity index is 1.43. The van der Waals surface area contributed by atoms with Gasteiger partial charge < -0.3 is 14.2 Å². The minimum absolute atomic E-state index is 0.00683. The number of amides is 1. The van der Waals surface area contributed by atoms with E-state index >= 15 is 0 Å². The molecule has 132 valence electrons. The molecule has 3 fully saturated rings. The van der Waals surface area contributed by atoms with Crippen molar-refractivity contribution in [3.05, 3.63) is 22.7 Å². The zero-order chi connectivity index (χ0) is 16.8. The number of rotatable bonds is 3. The largest absolute Gasteiger partial charge is 0.378 e. The Kier molecular flexibility index (Phi) is 3.86. The molecule has 7 heteroatoms. The zero-order valence-corrected chi connectivity index (χ0v) is 14.8. The number of ether oxygens (including phenoxy) is 1. The minimum atomic E-state index is -0.00683. The van der Waals surface area contributed by atoms with E-state index < -0.39 is 0 Å². The van der Waals surface area contributed by atoms with Crippen molar-refractivity contribution < 1.29 is 14.1 Å². The number of aromatic nitrogens is 2. The molecular formula is C18H21N3O3S. The molecule has 5 rings (SSSR count). The molecule has 0 N–H and O–H groups in total. The third-order valence-corrected chi connectivity index (χ3v) is 6.71. The summed E-state index contributed by atoms with van der Waals surface area (Å²) in [6, 6.07) is 2.00. The Hall–Kier alpha value is -1.73. The van der Waals surface area contributed by atoms with Crippen molar-refractivity contribution in [3.63, 3.8) is 0 Å². The van der Waals surface area contributed by atoms with Crippen LogP contribution in [0.1, 0.15) is 31.1 Å². The van der Waals surface area contributed by atoms with Crippen molar-refractivity contribution in [3.8, 4) is 11.4 Å². The van der Waals surface area contributed by atoms with Crippen LogP contribution < -0.4 is 0 Å². The number of hydrogen-bond donors (Lipinski definition) is 0. The maximum atomic E-state index is 13.2. The van der Waals surface area contributed by atoms with Crippen LogP contribution in [-0.2, 0) is 9.53 Å². The summed E-state index contributed by atoms with van der Waals surface area (Å²) in [6.45, 7) is 2.67. The van der Waals surface area contributed by atoms with E-state index in [2.05, 4.69) is 10.1 Å². The van der Waals surface area contributed by atoms with Crippen LogP contribution in [0.25, 0.3) is 11.4 Å². The number of fused-ring (bicyclic) bond motifs is 2. The van der Waals surface area contributed by atoms with Crippen LogP contribution in [-0.4, -0.2) is 47.3 Å². The Morgan fingerprint density at radius 1 is 1.24 bits per heavy atom. The predicted octanol–water partition coefficient (Wildman–Crippen LogP) is 2.79. The van der Waals surface area contributed by atoms with E-state index in [-0.39, 0.29) is 17.7 Å². The second kappa shape index (κ2) is 6.21. The molecule has 25 heavy (non-hydrogen) atoms. The summed E-state index contributed by atoms with van der Waals surface area (Å²) < 4.78 is 11.0. The summed E-state index contributed by atoms with van der Waals surface area (Å²) in [6.07, 6.45) is 3.42. The third kappa shape index (κ3) is 2.60. The molecular weight excluding hydrogens is 338 g/mol. The highest BCUT2D eigenvalue weighted by Crippen LogP contribution is 2.57. The van der Waals surface area contributed by atoms with Gasteiger partial charge in [-0.15, -0.1) is 0 Å². The average Bonchev–Trinajstić information content (AvgIpc) is 3.44. The Labute approximate surface area is 150 Å². The van der Waals surface area contributed by atoms with Gasteiger partial charge in [-0.3, -0.25) is 4.79 Å². The zero-order valence-electron chi connectivity index (χ0n) is 14.0. The fraction of sp³-hybridized carbons (Fsp3) is 0.611. The van der Waals surface area contributed by atoms with Gasteiger partial charge in [0.1, 0.15) is 0 Å². The van der Waals surface area contributed by atoms with E-state index in [1.54, 1.807) is 11.3 Å². The van der Waals surface area contributed by atoms with E-state index in [4.69, 9.17) is 9.26 Å². The van der Waals surface area contributed by atoms with Gasteiger partial charge in [-0.05, 0) is 42.5 Å². The normalized spacial score (nSPS) is 31.6. The van der Waals surface area contributed by atoms with Gasteiger partial charge in [-0.2, -0.15) is 16.3 Å². The molecule has 2 aromatic rings. The highest BCUT2D eigenvalue weighted by molar-refractivity contribution is 7.08. The summed E-state index contributed by atoms with van der Waals surface area (Å²) in [5.74, 6) is 2.58. The summed E-state index contributed by atoms with van der Waals surface area (Å²) in [5.41, 5.74) is 0.985. The SMILES string of the molecule is O=C([C@H]1[C@H]2CC[C@H](C2)[C@@H]1c1nc(-c2ccsc2)no1)N1CCOCC1. The quantitative estimate of drug-likeness (QED) is 0.843. The van der Waals surface area contributed by atoms with E-state index in [0.717, 1.165) is 18.4 Å². The lowest BCUT2D eigenvalue weighted by molar-refractivity contribution is -0.142. The number of nitrogens with zero attached hydrogens (tertiary/aromatic N) is 3. The van der Waals surface area contributed by atoms with E-state index in [0.29, 0.717) is 49.9 Å². The smallest absolute Gasteiger partial charge is 0.231 e. The van der Waals surface area contributed by atoms with Crippen LogP contribution in [0.4, 0.5) is 0 Å². The van der Waals surface area contributed by atoms with Gasteiger partial charge >= 0.3 is 0 Å². The lowest BCUT2D eigenvalue weighted by atomic mass is 9.78. The molecule has 6 nitrogen and oxygen atoms in total. The molecule has 0 unspecified atom stereocenters. The van der Waals surface area contributed by atoms with Crippen LogP contribution in [0.5, 0.6) is 0 Å². The van der Waals surface area contributed by atoms with Crippen molar-refractivity contribution in [2.75, 3.05) is 26.3 Å². The van der Waals surface area contributed by atoms with E-state index in [1.165, 1.54) is 6.42 Å². The number of carbonyl (C=O) groups excluding carboxylic acids is 1. The van der Waals surface area contributed by atoms with E-state index in [1.807, 2.05) is 21.7 Å². The van der Waals surface area contributed by atoms with Gasteiger partial charge in [-0.25, -0.2) is 0 Å². The predicted molar refractivity (Wildman–Crippen MR) is 92.1 cm³/mol. The van der Waals surface area contributed by atoms with Crippen LogP contribution in [0.3, 0.4) is 0 Å². The molecule has 0 spiro atoms. The summed E-state index contributed by atoms with van der Waals surface area (Å²) >= 11 is 1.62. The topological polar surface area (TPSA) is 68.5 Å². The van der Waals surface area contributed by atoms with Gasteiger partial charge in [0.2, 0.25) is 17.6 Å². The maximum Gasteiger partial charge on any atom is 0.231 e. The van der Waals surface area contributed by atoms with Crippen LogP contribution in [0.2, 0.25) is 0 Å². The molecule has 2 aromatic heterocycles. The number of thiophene rings is 1. The third-order valence-electron chi connectivity index (χ3n) is 6.03. The first-order valence-electron chi connectivity index (χ1n) is 9.04. The van der Waals surface area contributed by atoms with E-state index in [9.17, 15) is 4.79 Å². The molecule has 3 aliphatic rings. The van der Waals surface area contributed by atoms with Crippen LogP contribution >= 0.6 is 11.3 Å². The highest BCUT2D eigenvalue weighted by Gasteiger charge is 2.54. The summed E-state index contributed by atoms with van der Waals surface area (Å²) in [4.78, 5) is 19.8. The van der Waals surface area contributed by atoms with Crippen molar-refractivity contribution >= 4 is 17.2 Å². The number of hydrogen-bond acceptors (Lipinski definition) is 6. The second-order valence-electron chi connectivity index (χ2n) is 7.29. The van der Waals surface area contributed by atoms with Gasteiger partial charge in [0.05, 0.1) is 25.0 Å². The lowest BCUT2D eigenvalue weighted by Crippen LogP contribution is -2.46. The van der Waals surface area contributed by atoms with Gasteiger partial charge in [0.15, 0.2) is 0 Å². The molecule has 1 aliphatic heterocycles. The van der Waals surface area contributed by atoms with Crippen LogP contribution in [0, 0.1) is 17.8 Å². The minimum Gasteiger partial charge on any atom is -0.378 e. The van der Waals surface area contributed by atoms with Crippen molar-refractivity contribution in [1.82, 2.24) is 15.0 Å². The second-order valence-corrected chi connectivity index (χ2v) is 8.07. The Morgan fingerprint density at radius 3 is 2.88 bits per heavy atom. The van der Waals surface area contributed by atoms with Crippen molar-refractivity contribution in [2.45, 2.75) is 25.2 Å². The molecule has 1 amide bonds. The molecule has 2 saturated carbocycles. The molecule has 3 heterocycles. The first-order chi connectivity index (χ1) is 12.3. The van der Waals surface area contributed by atoms with Crippen molar-refractivity contribution in [1.29, 1.82) is 0 Å². The monoisotopic (exact) mass is 359 g/mol. The Bertz CT molecular complexity index is 753. The number of morpholine rings is 1. The molecule has 2 aliphatic carbocycles. The summed E-state index contributed by atoms with van der Waals surface area (Å²) in [7, 11) is 0. The Morgan fingerprint density at radius 2 is 2.08 bits per heavy atom. The molecule has 1 saturated heterocycles. The molecule has 0 aromatic carbocycles. The average molecular weight is 359 g/mol. The lowest BCUT2D eigenvalue weighted by Gasteiger charge is -2.34. The van der Waals surface area contributed by atoms with Crippen molar-refractivity contribution in [2.24, 2.45) is 17.8 Å². The molecule has 2 bridgehead atoms. The first-order valence-corrected chi connectivity index (χ1v) is 9.98. The highest BCUT2D eigenvalue weighted by atomic mass is 32.1. The molecule has 0 radical (unpaired) electrons. The summed E-state index contributed by atoms with van der Waals surface area (Å²) in [5, 5.41) is 8.20.